The Morgan fingerprint density at radius 1 is 1.15 bits per heavy atom. The number of amides is 1. The number of carbonyl (C=O) groups excluding carboxylic acids is 1. The smallest absolute Gasteiger partial charge is 0.226 e. The van der Waals surface area contributed by atoms with Gasteiger partial charge in [0.25, 0.3) is 0 Å². The molecule has 0 aliphatic heterocycles. The molecule has 0 saturated heterocycles. The van der Waals surface area contributed by atoms with Crippen LogP contribution in [0.3, 0.4) is 0 Å². The number of halogens is 2. The number of benzene rings is 2. The summed E-state index contributed by atoms with van der Waals surface area (Å²) in [6.07, 6.45) is 0.177. The molecular formula is C18H20Cl2N4O2. The Morgan fingerprint density at radius 2 is 1.92 bits per heavy atom. The zero-order valence-electron chi connectivity index (χ0n) is 14.5. The van der Waals surface area contributed by atoms with Crippen LogP contribution in [-0.2, 0) is 4.79 Å². The van der Waals surface area contributed by atoms with Gasteiger partial charge >= 0.3 is 0 Å². The maximum absolute atomic E-state index is 12.0. The first-order valence-corrected chi connectivity index (χ1v) is 8.61. The highest BCUT2D eigenvalue weighted by Gasteiger charge is 2.06. The lowest BCUT2D eigenvalue weighted by Gasteiger charge is -2.09. The van der Waals surface area contributed by atoms with Crippen molar-refractivity contribution in [1.82, 2.24) is 0 Å². The van der Waals surface area contributed by atoms with Crippen LogP contribution < -0.4 is 21.1 Å². The van der Waals surface area contributed by atoms with Crippen molar-refractivity contribution < 1.29 is 9.53 Å². The van der Waals surface area contributed by atoms with Gasteiger partial charge in [0.1, 0.15) is 5.75 Å². The number of hydrogen-bond donors (Lipinski definition) is 3. The van der Waals surface area contributed by atoms with E-state index in [9.17, 15) is 4.79 Å². The van der Waals surface area contributed by atoms with E-state index in [1.807, 2.05) is 13.0 Å². The highest BCUT2D eigenvalue weighted by atomic mass is 35.5. The van der Waals surface area contributed by atoms with Gasteiger partial charge in [-0.3, -0.25) is 9.79 Å². The molecule has 0 unspecified atom stereocenters. The van der Waals surface area contributed by atoms with E-state index in [1.54, 1.807) is 37.4 Å². The van der Waals surface area contributed by atoms with Crippen LogP contribution in [0.1, 0.15) is 12.0 Å². The Morgan fingerprint density at radius 3 is 2.58 bits per heavy atom. The molecule has 8 heteroatoms. The van der Waals surface area contributed by atoms with Crippen LogP contribution in [0.25, 0.3) is 0 Å². The van der Waals surface area contributed by atoms with Crippen molar-refractivity contribution in [1.29, 1.82) is 0 Å². The zero-order valence-corrected chi connectivity index (χ0v) is 16.0. The molecule has 138 valence electrons. The Kier molecular flexibility index (Phi) is 7.12. The summed E-state index contributed by atoms with van der Waals surface area (Å²) in [6, 6.07) is 10.6. The van der Waals surface area contributed by atoms with E-state index in [2.05, 4.69) is 15.6 Å². The van der Waals surface area contributed by atoms with E-state index < -0.39 is 0 Å². The minimum Gasteiger partial charge on any atom is -0.495 e. The van der Waals surface area contributed by atoms with Crippen LogP contribution in [0, 0.1) is 6.92 Å². The van der Waals surface area contributed by atoms with Crippen LogP contribution in [0.15, 0.2) is 41.4 Å². The molecule has 0 radical (unpaired) electrons. The first-order chi connectivity index (χ1) is 12.4. The van der Waals surface area contributed by atoms with Gasteiger partial charge in [0.15, 0.2) is 5.96 Å². The van der Waals surface area contributed by atoms with Crippen molar-refractivity contribution in [3.63, 3.8) is 0 Å². The van der Waals surface area contributed by atoms with Gasteiger partial charge in [0.05, 0.1) is 29.4 Å². The number of methoxy groups -OCH3 is 1. The van der Waals surface area contributed by atoms with Crippen LogP contribution in [-0.4, -0.2) is 25.5 Å². The van der Waals surface area contributed by atoms with Crippen LogP contribution >= 0.6 is 23.2 Å². The van der Waals surface area contributed by atoms with Gasteiger partial charge in [-0.05, 0) is 42.8 Å². The molecule has 0 saturated carbocycles. The van der Waals surface area contributed by atoms with Gasteiger partial charge in [-0.15, -0.1) is 0 Å². The van der Waals surface area contributed by atoms with Gasteiger partial charge in [0.2, 0.25) is 5.91 Å². The van der Waals surface area contributed by atoms with E-state index in [0.29, 0.717) is 27.2 Å². The first-order valence-electron chi connectivity index (χ1n) is 7.85. The van der Waals surface area contributed by atoms with E-state index in [0.717, 1.165) is 5.56 Å². The molecule has 0 spiro atoms. The van der Waals surface area contributed by atoms with Gasteiger partial charge in [-0.25, -0.2) is 0 Å². The van der Waals surface area contributed by atoms with Gasteiger partial charge in [-0.2, -0.15) is 0 Å². The molecule has 6 nitrogen and oxygen atoms in total. The number of nitrogens with two attached hydrogens (primary N) is 1. The van der Waals surface area contributed by atoms with E-state index in [4.69, 9.17) is 33.7 Å². The van der Waals surface area contributed by atoms with Crippen molar-refractivity contribution in [3.05, 3.63) is 52.0 Å². The highest BCUT2D eigenvalue weighted by molar-refractivity contribution is 6.33. The lowest BCUT2D eigenvalue weighted by molar-refractivity contribution is -0.116. The Bertz CT molecular complexity index is 825. The number of nitrogens with one attached hydrogen (secondary N) is 2. The fourth-order valence-electron chi connectivity index (χ4n) is 2.14. The van der Waals surface area contributed by atoms with Crippen LogP contribution in [0.5, 0.6) is 5.75 Å². The van der Waals surface area contributed by atoms with E-state index in [1.165, 1.54) is 0 Å². The fraction of sp³-hybridized carbons (Fsp3) is 0.222. The second-order valence-electron chi connectivity index (χ2n) is 5.52. The number of rotatable bonds is 6. The Hall–Kier alpha value is -2.44. The van der Waals surface area contributed by atoms with Crippen molar-refractivity contribution in [2.45, 2.75) is 13.3 Å². The highest BCUT2D eigenvalue weighted by Crippen LogP contribution is 2.27. The third-order valence-electron chi connectivity index (χ3n) is 3.44. The number of hydrogen-bond acceptors (Lipinski definition) is 3. The van der Waals surface area contributed by atoms with Crippen LogP contribution in [0.2, 0.25) is 10.0 Å². The SMILES string of the molecule is COc1ccc(NC(N)=NCCC(=O)Nc2ccc(C)cc2Cl)cc1Cl. The number of guanidine groups is 1. The minimum absolute atomic E-state index is 0.177. The Labute approximate surface area is 162 Å². The zero-order chi connectivity index (χ0) is 19.1. The normalized spacial score (nSPS) is 11.2. The number of ether oxygens (including phenoxy) is 1. The molecule has 0 aliphatic rings. The third kappa shape index (κ3) is 5.82. The molecule has 0 aliphatic carbocycles. The lowest BCUT2D eigenvalue weighted by atomic mass is 10.2. The summed E-state index contributed by atoms with van der Waals surface area (Å²) in [6.45, 7) is 2.16. The predicted molar refractivity (Wildman–Crippen MR) is 108 cm³/mol. The van der Waals surface area contributed by atoms with Crippen LogP contribution in [0.4, 0.5) is 11.4 Å². The summed E-state index contributed by atoms with van der Waals surface area (Å²) in [5.74, 6) is 0.561. The van der Waals surface area contributed by atoms with E-state index >= 15 is 0 Å². The van der Waals surface area contributed by atoms with Crippen molar-refractivity contribution in [3.8, 4) is 5.75 Å². The number of nitrogens with zero attached hydrogens (tertiary/aromatic N) is 1. The summed E-state index contributed by atoms with van der Waals surface area (Å²) in [5.41, 5.74) is 8.09. The van der Waals surface area contributed by atoms with E-state index in [-0.39, 0.29) is 24.8 Å². The molecular weight excluding hydrogens is 375 g/mol. The van der Waals surface area contributed by atoms with Gasteiger partial charge in [-0.1, -0.05) is 29.3 Å². The van der Waals surface area contributed by atoms with Gasteiger partial charge < -0.3 is 21.1 Å². The third-order valence-corrected chi connectivity index (χ3v) is 4.05. The van der Waals surface area contributed by atoms with Gasteiger partial charge in [0, 0.05) is 12.1 Å². The predicted octanol–water partition coefficient (Wildman–Crippen LogP) is 4.07. The fourth-order valence-corrected chi connectivity index (χ4v) is 2.68. The Balaban J connectivity index is 1.85. The first kappa shape index (κ1) is 19.9. The summed E-state index contributed by atoms with van der Waals surface area (Å²) in [7, 11) is 1.54. The summed E-state index contributed by atoms with van der Waals surface area (Å²) < 4.78 is 5.08. The number of anilines is 2. The second-order valence-corrected chi connectivity index (χ2v) is 6.34. The molecule has 0 atom stereocenters. The van der Waals surface area contributed by atoms with Crippen molar-refractivity contribution >= 4 is 46.4 Å². The standard InChI is InChI=1S/C18H20Cl2N4O2/c1-11-3-5-15(13(19)9-11)24-17(25)7-8-22-18(21)23-12-4-6-16(26-2)14(20)10-12/h3-6,9-10H,7-8H2,1-2H3,(H,24,25)(H3,21,22,23). The average Bonchev–Trinajstić information content (AvgIpc) is 2.57. The maximum atomic E-state index is 12.0. The summed E-state index contributed by atoms with van der Waals surface area (Å²) in [5, 5.41) is 6.61. The lowest BCUT2D eigenvalue weighted by Crippen LogP contribution is -2.23. The van der Waals surface area contributed by atoms with Crippen molar-refractivity contribution in [2.75, 3.05) is 24.3 Å². The molecule has 2 rings (SSSR count). The second kappa shape index (κ2) is 9.31. The largest absolute Gasteiger partial charge is 0.495 e. The molecule has 0 fully saturated rings. The topological polar surface area (TPSA) is 88.7 Å². The number of aliphatic imine (C=N–C) groups is 1. The molecule has 0 heterocycles. The quantitative estimate of drug-likeness (QED) is 0.508. The molecule has 26 heavy (non-hydrogen) atoms. The summed E-state index contributed by atoms with van der Waals surface area (Å²) in [4.78, 5) is 16.1. The molecule has 2 aromatic carbocycles. The average molecular weight is 395 g/mol. The molecule has 4 N–H and O–H groups in total. The molecule has 0 aromatic heterocycles. The minimum atomic E-state index is -0.195. The maximum Gasteiger partial charge on any atom is 0.226 e. The summed E-state index contributed by atoms with van der Waals surface area (Å²) >= 11 is 12.1. The molecule has 0 bridgehead atoms. The molecule has 2 aromatic rings. The molecule has 1 amide bonds. The van der Waals surface area contributed by atoms with Crippen molar-refractivity contribution in [2.24, 2.45) is 10.7 Å². The number of aryl methyl sites for hydroxylation is 1. The number of carbonyl (C=O) groups is 1. The monoisotopic (exact) mass is 394 g/mol.